The van der Waals surface area contributed by atoms with E-state index in [1.165, 1.54) is 18.3 Å². The molecule has 0 saturated heterocycles. The van der Waals surface area contributed by atoms with Gasteiger partial charge in [-0.3, -0.25) is 0 Å². The van der Waals surface area contributed by atoms with E-state index < -0.39 is 9.84 Å². The molecule has 14 heavy (non-hydrogen) atoms. The lowest BCUT2D eigenvalue weighted by molar-refractivity contribution is 0.449. The molecule has 1 N–H and O–H groups in total. The molecule has 0 amide bonds. The van der Waals surface area contributed by atoms with Gasteiger partial charge in [0.05, 0.1) is 5.75 Å². The molecule has 1 heterocycles. The molecule has 0 bridgehead atoms. The highest BCUT2D eigenvalue weighted by molar-refractivity contribution is 7.90. The van der Waals surface area contributed by atoms with Crippen LogP contribution in [0.1, 0.15) is 5.82 Å². The Bertz CT molecular complexity index is 428. The summed E-state index contributed by atoms with van der Waals surface area (Å²) in [6.07, 6.45) is 2.61. The third-order valence-electron chi connectivity index (χ3n) is 1.41. The fourth-order valence-electron chi connectivity index (χ4n) is 0.893. The van der Waals surface area contributed by atoms with Crippen molar-refractivity contribution in [1.29, 1.82) is 0 Å². The minimum absolute atomic E-state index is 0.0897. The largest absolute Gasteiger partial charge is 0.493 e. The topological polar surface area (TPSA) is 80.2 Å². The molecule has 0 unspecified atom stereocenters. The summed E-state index contributed by atoms with van der Waals surface area (Å²) in [5.74, 6) is -0.546. The first-order valence-corrected chi connectivity index (χ1v) is 5.68. The van der Waals surface area contributed by atoms with E-state index in [0.717, 1.165) is 0 Å². The van der Waals surface area contributed by atoms with Gasteiger partial charge in [-0.1, -0.05) is 6.08 Å². The highest BCUT2D eigenvalue weighted by Gasteiger charge is 2.12. The van der Waals surface area contributed by atoms with Crippen molar-refractivity contribution < 1.29 is 13.5 Å². The van der Waals surface area contributed by atoms with Crippen LogP contribution < -0.4 is 0 Å². The molecule has 0 aromatic carbocycles. The number of sulfone groups is 1. The molecule has 1 aromatic heterocycles. The highest BCUT2D eigenvalue weighted by atomic mass is 32.2. The molecule has 0 aliphatic heterocycles. The molecule has 0 spiro atoms. The van der Waals surface area contributed by atoms with Crippen LogP contribution in [0, 0.1) is 0 Å². The molecule has 0 radical (unpaired) electrons. The van der Waals surface area contributed by atoms with Crippen LogP contribution in [0.3, 0.4) is 0 Å². The maximum absolute atomic E-state index is 11.3. The van der Waals surface area contributed by atoms with Crippen LogP contribution in [0.4, 0.5) is 0 Å². The molecule has 0 aliphatic rings. The van der Waals surface area contributed by atoms with Gasteiger partial charge in [0, 0.05) is 12.3 Å². The fourth-order valence-corrected chi connectivity index (χ4v) is 1.90. The van der Waals surface area contributed by atoms with Gasteiger partial charge in [-0.15, -0.1) is 6.58 Å². The molecule has 0 fully saturated rings. The van der Waals surface area contributed by atoms with Crippen LogP contribution in [0.5, 0.6) is 5.88 Å². The van der Waals surface area contributed by atoms with Gasteiger partial charge < -0.3 is 5.11 Å². The summed E-state index contributed by atoms with van der Waals surface area (Å²) in [6, 6.07) is 1.28. The second kappa shape index (κ2) is 4.19. The number of hydrogen-bond donors (Lipinski definition) is 1. The normalized spacial score (nSPS) is 11.1. The Hall–Kier alpha value is -1.43. The average molecular weight is 214 g/mol. The monoisotopic (exact) mass is 214 g/mol. The van der Waals surface area contributed by atoms with Crippen molar-refractivity contribution in [1.82, 2.24) is 9.97 Å². The Balaban J connectivity index is 2.84. The molecule has 0 atom stereocenters. The quantitative estimate of drug-likeness (QED) is 0.728. The standard InChI is InChI=1S/C8H10N2O3S/c1-2-5-14(12,13)6-7-9-4-3-8(11)10-7/h2-4H,1,5-6H2,(H,9,10,11). The van der Waals surface area contributed by atoms with Gasteiger partial charge in [-0.2, -0.15) is 4.98 Å². The SMILES string of the molecule is C=CCS(=O)(=O)Cc1nccc(O)n1. The summed E-state index contributed by atoms with van der Waals surface area (Å²) in [6.45, 7) is 3.34. The van der Waals surface area contributed by atoms with Gasteiger partial charge in [-0.05, 0) is 0 Å². The van der Waals surface area contributed by atoms with E-state index >= 15 is 0 Å². The highest BCUT2D eigenvalue weighted by Crippen LogP contribution is 2.05. The van der Waals surface area contributed by atoms with Crippen LogP contribution in [0.15, 0.2) is 24.9 Å². The predicted molar refractivity (Wildman–Crippen MR) is 51.4 cm³/mol. The third kappa shape index (κ3) is 3.14. The summed E-state index contributed by atoms with van der Waals surface area (Å²) < 4.78 is 22.6. The fraction of sp³-hybridized carbons (Fsp3) is 0.250. The van der Waals surface area contributed by atoms with Gasteiger partial charge in [0.2, 0.25) is 5.88 Å². The number of nitrogens with zero attached hydrogens (tertiary/aromatic N) is 2. The lowest BCUT2D eigenvalue weighted by Crippen LogP contribution is -2.09. The minimum Gasteiger partial charge on any atom is -0.493 e. The van der Waals surface area contributed by atoms with Gasteiger partial charge in [0.1, 0.15) is 11.6 Å². The van der Waals surface area contributed by atoms with E-state index in [0.29, 0.717) is 0 Å². The minimum atomic E-state index is -3.26. The average Bonchev–Trinajstić information content (AvgIpc) is 2.02. The van der Waals surface area contributed by atoms with Gasteiger partial charge in [0.25, 0.3) is 0 Å². The van der Waals surface area contributed by atoms with Crippen molar-refractivity contribution >= 4 is 9.84 Å². The summed E-state index contributed by atoms with van der Waals surface area (Å²) in [7, 11) is -3.26. The smallest absolute Gasteiger partial charge is 0.214 e. The van der Waals surface area contributed by atoms with E-state index in [4.69, 9.17) is 5.11 Å². The molecular weight excluding hydrogens is 204 g/mol. The first-order valence-electron chi connectivity index (χ1n) is 3.86. The van der Waals surface area contributed by atoms with Gasteiger partial charge >= 0.3 is 0 Å². The van der Waals surface area contributed by atoms with Crippen LogP contribution in [0.25, 0.3) is 0 Å². The Labute approximate surface area is 82.1 Å². The molecule has 5 nitrogen and oxygen atoms in total. The van der Waals surface area contributed by atoms with E-state index in [1.807, 2.05) is 0 Å². The molecule has 1 rings (SSSR count). The van der Waals surface area contributed by atoms with Crippen molar-refractivity contribution in [2.24, 2.45) is 0 Å². The van der Waals surface area contributed by atoms with Crippen LogP contribution >= 0.6 is 0 Å². The Morgan fingerprint density at radius 1 is 1.57 bits per heavy atom. The second-order valence-corrected chi connectivity index (χ2v) is 4.78. The summed E-state index contributed by atoms with van der Waals surface area (Å²) in [5.41, 5.74) is 0. The van der Waals surface area contributed by atoms with Crippen LogP contribution in [-0.4, -0.2) is 29.2 Å². The predicted octanol–water partition coefficient (Wildman–Crippen LogP) is 0.283. The first-order chi connectivity index (χ1) is 6.53. The molecular formula is C8H10N2O3S. The Morgan fingerprint density at radius 2 is 2.29 bits per heavy atom. The van der Waals surface area contributed by atoms with Gasteiger partial charge in [-0.25, -0.2) is 13.4 Å². The molecule has 76 valence electrons. The Kier molecular flexibility index (Phi) is 3.19. The second-order valence-electron chi connectivity index (χ2n) is 2.67. The zero-order valence-corrected chi connectivity index (χ0v) is 8.24. The number of aromatic nitrogens is 2. The van der Waals surface area contributed by atoms with Crippen molar-refractivity contribution in [2.45, 2.75) is 5.75 Å². The molecule has 0 aliphatic carbocycles. The summed E-state index contributed by atoms with van der Waals surface area (Å²) in [5, 5.41) is 8.97. The van der Waals surface area contributed by atoms with E-state index in [2.05, 4.69) is 16.5 Å². The molecule has 0 saturated carbocycles. The number of hydrogen-bond acceptors (Lipinski definition) is 5. The molecule has 1 aromatic rings. The molecule has 6 heteroatoms. The summed E-state index contributed by atoms with van der Waals surface area (Å²) >= 11 is 0. The van der Waals surface area contributed by atoms with Crippen LogP contribution in [0.2, 0.25) is 0 Å². The van der Waals surface area contributed by atoms with E-state index in [-0.39, 0.29) is 23.2 Å². The van der Waals surface area contributed by atoms with Crippen molar-refractivity contribution in [2.75, 3.05) is 5.75 Å². The van der Waals surface area contributed by atoms with Crippen molar-refractivity contribution in [3.05, 3.63) is 30.7 Å². The lowest BCUT2D eigenvalue weighted by atomic mass is 10.6. The summed E-state index contributed by atoms with van der Waals surface area (Å²) in [4.78, 5) is 7.29. The van der Waals surface area contributed by atoms with E-state index in [1.54, 1.807) is 0 Å². The Morgan fingerprint density at radius 3 is 2.86 bits per heavy atom. The van der Waals surface area contributed by atoms with Crippen molar-refractivity contribution in [3.63, 3.8) is 0 Å². The lowest BCUT2D eigenvalue weighted by Gasteiger charge is -1.99. The number of rotatable bonds is 4. The third-order valence-corrected chi connectivity index (χ3v) is 2.85. The van der Waals surface area contributed by atoms with Crippen LogP contribution in [-0.2, 0) is 15.6 Å². The van der Waals surface area contributed by atoms with E-state index in [9.17, 15) is 8.42 Å². The maximum Gasteiger partial charge on any atom is 0.214 e. The van der Waals surface area contributed by atoms with Gasteiger partial charge in [0.15, 0.2) is 9.84 Å². The zero-order valence-electron chi connectivity index (χ0n) is 7.42. The number of aromatic hydroxyl groups is 1. The maximum atomic E-state index is 11.3. The first kappa shape index (κ1) is 10.6. The zero-order chi connectivity index (χ0) is 10.6. The van der Waals surface area contributed by atoms with Crippen molar-refractivity contribution in [3.8, 4) is 5.88 Å².